The van der Waals surface area contributed by atoms with E-state index in [9.17, 15) is 13.2 Å². The van der Waals surface area contributed by atoms with Crippen LogP contribution >= 0.6 is 11.6 Å². The van der Waals surface area contributed by atoms with E-state index >= 15 is 0 Å². The van der Waals surface area contributed by atoms with Gasteiger partial charge in [0.1, 0.15) is 0 Å². The minimum atomic E-state index is -3.28. The minimum Gasteiger partial charge on any atom is -0.493 e. The Morgan fingerprint density at radius 1 is 1.21 bits per heavy atom. The van der Waals surface area contributed by atoms with Crippen molar-refractivity contribution in [2.24, 2.45) is 0 Å². The molecule has 0 bridgehead atoms. The summed E-state index contributed by atoms with van der Waals surface area (Å²) >= 11 is 6.26. The normalized spacial score (nSPS) is 11.4. The highest BCUT2D eigenvalue weighted by molar-refractivity contribution is 7.90. The van der Waals surface area contributed by atoms with Crippen molar-refractivity contribution in [2.75, 3.05) is 25.3 Å². The number of halogens is 1. The Kier molecular flexibility index (Phi) is 7.48. The summed E-state index contributed by atoms with van der Waals surface area (Å²) in [4.78, 5) is 12.3. The molecule has 0 radical (unpaired) electrons. The second-order valence-electron chi connectivity index (χ2n) is 6.00. The van der Waals surface area contributed by atoms with Crippen LogP contribution in [0.2, 0.25) is 5.02 Å². The van der Waals surface area contributed by atoms with Crippen LogP contribution in [0.4, 0.5) is 5.69 Å². The van der Waals surface area contributed by atoms with E-state index < -0.39 is 9.84 Å². The van der Waals surface area contributed by atoms with Gasteiger partial charge in [0, 0.05) is 18.0 Å². The summed E-state index contributed by atoms with van der Waals surface area (Å²) in [5.41, 5.74) is 1.16. The largest absolute Gasteiger partial charge is 0.493 e. The second kappa shape index (κ2) is 9.61. The number of carbonyl (C=O) groups excluding carboxylic acids is 1. The molecule has 0 aliphatic rings. The molecule has 0 spiro atoms. The first kappa shape index (κ1) is 21.8. The zero-order valence-electron chi connectivity index (χ0n) is 15.9. The Morgan fingerprint density at radius 2 is 1.89 bits per heavy atom. The molecule has 0 saturated carbocycles. The molecule has 0 aliphatic carbocycles. The third-order valence-electron chi connectivity index (χ3n) is 3.68. The molecule has 0 saturated heterocycles. The first-order valence-electron chi connectivity index (χ1n) is 8.54. The smallest absolute Gasteiger partial charge is 0.248 e. The van der Waals surface area contributed by atoms with Gasteiger partial charge in [-0.25, -0.2) is 8.42 Å². The number of hydrogen-bond donors (Lipinski definition) is 1. The number of benzene rings is 2. The highest BCUT2D eigenvalue weighted by atomic mass is 35.5. The van der Waals surface area contributed by atoms with E-state index in [1.807, 2.05) is 6.92 Å². The predicted octanol–water partition coefficient (Wildman–Crippen LogP) is 4.19. The Bertz CT molecular complexity index is 969. The van der Waals surface area contributed by atoms with Crippen LogP contribution in [-0.4, -0.2) is 34.3 Å². The van der Waals surface area contributed by atoms with Gasteiger partial charge in [-0.3, -0.25) is 4.79 Å². The molecule has 2 aromatic carbocycles. The Hall–Kier alpha value is -2.51. The molecule has 1 N–H and O–H groups in total. The average Bonchev–Trinajstić information content (AvgIpc) is 2.64. The molecule has 6 nitrogen and oxygen atoms in total. The van der Waals surface area contributed by atoms with Gasteiger partial charge in [-0.05, 0) is 54.5 Å². The number of hydrogen-bond acceptors (Lipinski definition) is 5. The van der Waals surface area contributed by atoms with Crippen molar-refractivity contribution >= 4 is 39.1 Å². The highest BCUT2D eigenvalue weighted by Crippen LogP contribution is 2.36. The van der Waals surface area contributed by atoms with Crippen molar-refractivity contribution in [2.45, 2.75) is 18.2 Å². The van der Waals surface area contributed by atoms with Crippen LogP contribution in [-0.2, 0) is 14.6 Å². The number of methoxy groups -OCH3 is 1. The van der Waals surface area contributed by atoms with Gasteiger partial charge in [0.05, 0.1) is 23.6 Å². The zero-order valence-corrected chi connectivity index (χ0v) is 17.4. The molecule has 8 heteroatoms. The van der Waals surface area contributed by atoms with Gasteiger partial charge in [0.2, 0.25) is 5.91 Å². The number of carbonyl (C=O) groups is 1. The minimum absolute atomic E-state index is 0.188. The van der Waals surface area contributed by atoms with Gasteiger partial charge >= 0.3 is 0 Å². The van der Waals surface area contributed by atoms with Crippen LogP contribution in [0.5, 0.6) is 11.5 Å². The summed E-state index contributed by atoms with van der Waals surface area (Å²) in [6.45, 7) is 2.51. The maximum absolute atomic E-state index is 12.1. The van der Waals surface area contributed by atoms with E-state index in [1.54, 1.807) is 18.2 Å². The maximum Gasteiger partial charge on any atom is 0.248 e. The lowest BCUT2D eigenvalue weighted by Gasteiger charge is -2.12. The lowest BCUT2D eigenvalue weighted by molar-refractivity contribution is -0.111. The highest BCUT2D eigenvalue weighted by Gasteiger charge is 2.11. The SMILES string of the molecule is CCCOc1c(Cl)cc(/C=C/C(=O)Nc2ccc(S(C)(=O)=O)cc2)cc1OC. The van der Waals surface area contributed by atoms with E-state index in [0.29, 0.717) is 34.4 Å². The standard InChI is InChI=1S/C20H22ClNO5S/c1-4-11-27-20-17(21)12-14(13-18(20)26-2)5-10-19(23)22-15-6-8-16(9-7-15)28(3,24)25/h5-10,12-13H,4,11H2,1-3H3,(H,22,23)/b10-5+. The van der Waals surface area contributed by atoms with Gasteiger partial charge in [0.15, 0.2) is 21.3 Å². The first-order valence-corrected chi connectivity index (χ1v) is 10.8. The summed E-state index contributed by atoms with van der Waals surface area (Å²) in [6, 6.07) is 9.34. The zero-order chi connectivity index (χ0) is 20.7. The number of sulfone groups is 1. The molecule has 2 rings (SSSR count). The predicted molar refractivity (Wildman–Crippen MR) is 111 cm³/mol. The topological polar surface area (TPSA) is 81.7 Å². The molecule has 0 fully saturated rings. The fraction of sp³-hybridized carbons (Fsp3) is 0.250. The summed E-state index contributed by atoms with van der Waals surface area (Å²) in [7, 11) is -1.76. The van der Waals surface area contributed by atoms with Crippen LogP contribution in [0.3, 0.4) is 0 Å². The second-order valence-corrected chi connectivity index (χ2v) is 8.42. The van der Waals surface area contributed by atoms with Crippen molar-refractivity contribution in [3.05, 3.63) is 53.1 Å². The Labute approximate surface area is 170 Å². The summed E-state index contributed by atoms with van der Waals surface area (Å²) in [5, 5.41) is 3.06. The van der Waals surface area contributed by atoms with E-state index in [4.69, 9.17) is 21.1 Å². The average molecular weight is 424 g/mol. The molecule has 2 aromatic rings. The molecule has 0 unspecified atom stereocenters. The van der Waals surface area contributed by atoms with Crippen LogP contribution in [0.1, 0.15) is 18.9 Å². The Morgan fingerprint density at radius 3 is 2.46 bits per heavy atom. The number of rotatable bonds is 8. The maximum atomic E-state index is 12.1. The molecule has 0 aliphatic heterocycles. The van der Waals surface area contributed by atoms with Crippen molar-refractivity contribution in [1.82, 2.24) is 0 Å². The number of nitrogens with one attached hydrogen (secondary N) is 1. The van der Waals surface area contributed by atoms with Gasteiger partial charge in [-0.15, -0.1) is 0 Å². The fourth-order valence-corrected chi connectivity index (χ4v) is 3.23. The molecule has 0 aromatic heterocycles. The molecule has 0 atom stereocenters. The van der Waals surface area contributed by atoms with Crippen LogP contribution in [0, 0.1) is 0 Å². The summed E-state index contributed by atoms with van der Waals surface area (Å²) in [5.74, 6) is 0.587. The van der Waals surface area contributed by atoms with E-state index in [1.165, 1.54) is 37.5 Å². The van der Waals surface area contributed by atoms with Gasteiger partial charge in [-0.1, -0.05) is 18.5 Å². The van der Waals surface area contributed by atoms with Gasteiger partial charge in [0.25, 0.3) is 0 Å². The number of amides is 1. The monoisotopic (exact) mass is 423 g/mol. The van der Waals surface area contributed by atoms with Crippen molar-refractivity contribution in [1.29, 1.82) is 0 Å². The molecule has 0 heterocycles. The lowest BCUT2D eigenvalue weighted by atomic mass is 10.2. The molecule has 150 valence electrons. The molecular weight excluding hydrogens is 402 g/mol. The van der Waals surface area contributed by atoms with Crippen LogP contribution in [0.15, 0.2) is 47.4 Å². The molecule has 28 heavy (non-hydrogen) atoms. The van der Waals surface area contributed by atoms with Crippen LogP contribution in [0.25, 0.3) is 6.08 Å². The van der Waals surface area contributed by atoms with E-state index in [2.05, 4.69) is 5.32 Å². The number of anilines is 1. The Balaban J connectivity index is 2.10. The van der Waals surface area contributed by atoms with Gasteiger partial charge in [-0.2, -0.15) is 0 Å². The van der Waals surface area contributed by atoms with E-state index in [0.717, 1.165) is 12.7 Å². The van der Waals surface area contributed by atoms with E-state index in [-0.39, 0.29) is 10.8 Å². The summed E-state index contributed by atoms with van der Waals surface area (Å²) in [6.07, 6.45) is 4.91. The third-order valence-corrected chi connectivity index (χ3v) is 5.09. The first-order chi connectivity index (χ1) is 13.2. The third kappa shape index (κ3) is 6.00. The fourth-order valence-electron chi connectivity index (χ4n) is 2.32. The number of ether oxygens (including phenoxy) is 2. The van der Waals surface area contributed by atoms with Gasteiger partial charge < -0.3 is 14.8 Å². The molecule has 1 amide bonds. The van der Waals surface area contributed by atoms with Crippen molar-refractivity contribution in [3.8, 4) is 11.5 Å². The lowest BCUT2D eigenvalue weighted by Crippen LogP contribution is -2.08. The quantitative estimate of drug-likeness (QED) is 0.643. The van der Waals surface area contributed by atoms with Crippen molar-refractivity contribution in [3.63, 3.8) is 0 Å². The molecular formula is C20H22ClNO5S. The van der Waals surface area contributed by atoms with Crippen molar-refractivity contribution < 1.29 is 22.7 Å². The summed E-state index contributed by atoms with van der Waals surface area (Å²) < 4.78 is 33.8. The van der Waals surface area contributed by atoms with Crippen LogP contribution < -0.4 is 14.8 Å².